The Morgan fingerprint density at radius 1 is 1.17 bits per heavy atom. The van der Waals surface area contributed by atoms with Crippen LogP contribution in [-0.4, -0.2) is 37.6 Å². The van der Waals surface area contributed by atoms with Crippen molar-refractivity contribution >= 4 is 51.8 Å². The zero-order chi connectivity index (χ0) is 16.2. The first-order valence-electron chi connectivity index (χ1n) is 7.28. The van der Waals surface area contributed by atoms with Crippen LogP contribution in [0.1, 0.15) is 5.56 Å². The molecule has 0 spiro atoms. The highest BCUT2D eigenvalue weighted by atomic mass is 127. The number of rotatable bonds is 3. The summed E-state index contributed by atoms with van der Waals surface area (Å²) < 4.78 is 6.07. The maximum atomic E-state index is 10.0. The van der Waals surface area contributed by atoms with E-state index >= 15 is 0 Å². The van der Waals surface area contributed by atoms with Gasteiger partial charge in [0.1, 0.15) is 5.75 Å². The number of aromatic hydroxyl groups is 1. The van der Waals surface area contributed by atoms with Gasteiger partial charge >= 0.3 is 0 Å². The first-order valence-corrected chi connectivity index (χ1v) is 8.74. The number of ether oxygens (including phenoxy) is 1. The van der Waals surface area contributed by atoms with Crippen LogP contribution in [0.4, 0.5) is 11.4 Å². The molecule has 0 unspecified atom stereocenters. The summed E-state index contributed by atoms with van der Waals surface area (Å²) in [5, 5.41) is 10.6. The highest BCUT2D eigenvalue weighted by Gasteiger charge is 2.10. The van der Waals surface area contributed by atoms with Gasteiger partial charge in [0.05, 0.1) is 22.5 Å². The number of anilines is 1. The largest absolute Gasteiger partial charge is 0.506 e. The lowest BCUT2D eigenvalue weighted by Crippen LogP contribution is -2.36. The van der Waals surface area contributed by atoms with Gasteiger partial charge in [-0.3, -0.25) is 4.99 Å². The minimum Gasteiger partial charge on any atom is -0.506 e. The molecule has 2 aromatic carbocycles. The predicted molar refractivity (Wildman–Crippen MR) is 103 cm³/mol. The Bertz CT molecular complexity index is 713. The SMILES string of the molecule is Oc1c(I)cc(Cl)cc1C=Nc1ccc(N2CCOCC2)cc1. The Balaban J connectivity index is 1.75. The summed E-state index contributed by atoms with van der Waals surface area (Å²) >= 11 is 8.06. The number of phenols is 1. The lowest BCUT2D eigenvalue weighted by molar-refractivity contribution is 0.122. The lowest BCUT2D eigenvalue weighted by atomic mass is 10.2. The third-order valence-corrected chi connectivity index (χ3v) is 4.68. The normalized spacial score (nSPS) is 15.3. The van der Waals surface area contributed by atoms with Crippen molar-refractivity contribution in [2.45, 2.75) is 0 Å². The molecule has 1 N–H and O–H groups in total. The molecule has 1 aliphatic rings. The molecule has 0 bridgehead atoms. The molecule has 3 rings (SSSR count). The maximum absolute atomic E-state index is 10.0. The van der Waals surface area contributed by atoms with Gasteiger partial charge in [0, 0.05) is 35.6 Å². The fourth-order valence-corrected chi connectivity index (χ4v) is 3.46. The summed E-state index contributed by atoms with van der Waals surface area (Å²) in [7, 11) is 0. The van der Waals surface area contributed by atoms with E-state index in [4.69, 9.17) is 16.3 Å². The van der Waals surface area contributed by atoms with E-state index in [1.54, 1.807) is 18.3 Å². The summed E-state index contributed by atoms with van der Waals surface area (Å²) in [6.07, 6.45) is 1.63. The molecule has 1 aliphatic heterocycles. The molecule has 0 amide bonds. The second-order valence-electron chi connectivity index (χ2n) is 5.20. The topological polar surface area (TPSA) is 45.1 Å². The number of phenolic OH excluding ortho intramolecular Hbond substituents is 1. The highest BCUT2D eigenvalue weighted by molar-refractivity contribution is 14.1. The Kier molecular flexibility index (Phi) is 5.40. The number of halogens is 2. The third-order valence-electron chi connectivity index (χ3n) is 3.64. The Morgan fingerprint density at radius 2 is 1.87 bits per heavy atom. The summed E-state index contributed by atoms with van der Waals surface area (Å²) in [4.78, 5) is 6.71. The molecule has 0 radical (unpaired) electrons. The third kappa shape index (κ3) is 4.16. The van der Waals surface area contributed by atoms with Gasteiger partial charge in [0.15, 0.2) is 0 Å². The predicted octanol–water partition coefficient (Wildman–Crippen LogP) is 4.24. The molecule has 120 valence electrons. The Labute approximate surface area is 153 Å². The number of aliphatic imine (C=N–C) groups is 1. The van der Waals surface area contributed by atoms with Crippen molar-refractivity contribution in [1.29, 1.82) is 0 Å². The minimum absolute atomic E-state index is 0.198. The van der Waals surface area contributed by atoms with Crippen molar-refractivity contribution in [2.24, 2.45) is 4.99 Å². The van der Waals surface area contributed by atoms with Crippen LogP contribution in [-0.2, 0) is 4.74 Å². The molecule has 4 nitrogen and oxygen atoms in total. The average molecular weight is 443 g/mol. The van der Waals surface area contributed by atoms with E-state index in [1.807, 2.05) is 34.7 Å². The average Bonchev–Trinajstić information content (AvgIpc) is 2.58. The second kappa shape index (κ2) is 7.51. The fraction of sp³-hybridized carbons (Fsp3) is 0.235. The summed E-state index contributed by atoms with van der Waals surface area (Å²) in [5.74, 6) is 0.198. The summed E-state index contributed by atoms with van der Waals surface area (Å²) in [5.41, 5.74) is 2.61. The van der Waals surface area contributed by atoms with Crippen molar-refractivity contribution in [3.63, 3.8) is 0 Å². The van der Waals surface area contributed by atoms with Crippen molar-refractivity contribution in [3.8, 4) is 5.75 Å². The van der Waals surface area contributed by atoms with Crippen LogP contribution in [0.15, 0.2) is 41.4 Å². The van der Waals surface area contributed by atoms with Crippen LogP contribution in [0.2, 0.25) is 5.02 Å². The van der Waals surface area contributed by atoms with Gasteiger partial charge in [-0.05, 0) is 59.0 Å². The molecular weight excluding hydrogens is 427 g/mol. The smallest absolute Gasteiger partial charge is 0.137 e. The molecule has 1 saturated heterocycles. The Hall–Kier alpha value is -1.31. The first kappa shape index (κ1) is 16.5. The lowest BCUT2D eigenvalue weighted by Gasteiger charge is -2.28. The van der Waals surface area contributed by atoms with E-state index in [0.717, 1.165) is 32.0 Å². The highest BCUT2D eigenvalue weighted by Crippen LogP contribution is 2.28. The molecule has 23 heavy (non-hydrogen) atoms. The van der Waals surface area contributed by atoms with E-state index in [9.17, 15) is 5.11 Å². The first-order chi connectivity index (χ1) is 11.1. The van der Waals surface area contributed by atoms with Gasteiger partial charge in [-0.1, -0.05) is 11.6 Å². The summed E-state index contributed by atoms with van der Waals surface area (Å²) in [6.45, 7) is 3.37. The summed E-state index contributed by atoms with van der Waals surface area (Å²) in [6, 6.07) is 11.5. The van der Waals surface area contributed by atoms with E-state index in [2.05, 4.69) is 22.0 Å². The van der Waals surface area contributed by atoms with Gasteiger partial charge in [0.25, 0.3) is 0 Å². The number of benzene rings is 2. The zero-order valence-electron chi connectivity index (χ0n) is 12.4. The van der Waals surface area contributed by atoms with Crippen LogP contribution < -0.4 is 4.90 Å². The standard InChI is InChI=1S/C17H16ClIN2O2/c18-13-9-12(17(22)16(19)10-13)11-20-14-1-3-15(4-2-14)21-5-7-23-8-6-21/h1-4,9-11,22H,5-8H2. The number of nitrogens with zero attached hydrogens (tertiary/aromatic N) is 2. The molecule has 0 saturated carbocycles. The van der Waals surface area contributed by atoms with Gasteiger partial charge in [-0.25, -0.2) is 0 Å². The van der Waals surface area contributed by atoms with E-state index in [0.29, 0.717) is 14.2 Å². The molecule has 2 aromatic rings. The molecular formula is C17H16ClIN2O2. The molecule has 0 atom stereocenters. The molecule has 0 aromatic heterocycles. The van der Waals surface area contributed by atoms with Crippen LogP contribution in [0.5, 0.6) is 5.75 Å². The molecule has 1 heterocycles. The van der Waals surface area contributed by atoms with Gasteiger partial charge < -0.3 is 14.7 Å². The van der Waals surface area contributed by atoms with Gasteiger partial charge in [-0.2, -0.15) is 0 Å². The molecule has 0 aliphatic carbocycles. The van der Waals surface area contributed by atoms with E-state index in [-0.39, 0.29) is 5.75 Å². The molecule has 1 fully saturated rings. The second-order valence-corrected chi connectivity index (χ2v) is 6.80. The minimum atomic E-state index is 0.198. The number of hydrogen-bond donors (Lipinski definition) is 1. The number of morpholine rings is 1. The monoisotopic (exact) mass is 442 g/mol. The van der Waals surface area contributed by atoms with Crippen LogP contribution in [0.3, 0.4) is 0 Å². The molecule has 6 heteroatoms. The van der Waals surface area contributed by atoms with Crippen LogP contribution in [0, 0.1) is 3.57 Å². The quantitative estimate of drug-likeness (QED) is 0.571. The van der Waals surface area contributed by atoms with E-state index in [1.165, 1.54) is 5.69 Å². The van der Waals surface area contributed by atoms with Crippen LogP contribution >= 0.6 is 34.2 Å². The van der Waals surface area contributed by atoms with Crippen molar-refractivity contribution in [2.75, 3.05) is 31.2 Å². The van der Waals surface area contributed by atoms with E-state index < -0.39 is 0 Å². The van der Waals surface area contributed by atoms with Crippen LogP contribution in [0.25, 0.3) is 0 Å². The Morgan fingerprint density at radius 3 is 2.57 bits per heavy atom. The van der Waals surface area contributed by atoms with Crippen molar-refractivity contribution in [3.05, 3.63) is 50.6 Å². The fourth-order valence-electron chi connectivity index (χ4n) is 2.40. The van der Waals surface area contributed by atoms with Gasteiger partial charge in [-0.15, -0.1) is 0 Å². The number of hydrogen-bond acceptors (Lipinski definition) is 4. The maximum Gasteiger partial charge on any atom is 0.137 e. The zero-order valence-corrected chi connectivity index (χ0v) is 15.3. The van der Waals surface area contributed by atoms with Crippen molar-refractivity contribution in [1.82, 2.24) is 0 Å². The van der Waals surface area contributed by atoms with Crippen molar-refractivity contribution < 1.29 is 9.84 Å². The van der Waals surface area contributed by atoms with Gasteiger partial charge in [0.2, 0.25) is 0 Å².